The van der Waals surface area contributed by atoms with E-state index in [0.29, 0.717) is 12.0 Å². The van der Waals surface area contributed by atoms with Crippen LogP contribution < -0.4 is 15.8 Å². The first-order valence-corrected chi connectivity index (χ1v) is 13.1. The normalized spacial score (nSPS) is 25.2. The molecule has 0 aromatic heterocycles. The first-order chi connectivity index (χ1) is 16.1. The van der Waals surface area contributed by atoms with Crippen LogP contribution in [0.2, 0.25) is 0 Å². The van der Waals surface area contributed by atoms with E-state index in [4.69, 9.17) is 10.5 Å². The Balaban J connectivity index is 1.46. The SMILES string of the molecule is Nc1ccccc1Nc1c(OCc2ccccc2)cc2c(c1Br)CC1CC3CCCC[C@@]23C1. The Hall–Kier alpha value is -2.46. The van der Waals surface area contributed by atoms with Gasteiger partial charge in [0.25, 0.3) is 0 Å². The summed E-state index contributed by atoms with van der Waals surface area (Å²) in [5.41, 5.74) is 13.5. The average molecular weight is 503 g/mol. The van der Waals surface area contributed by atoms with E-state index in [9.17, 15) is 0 Å². The first-order valence-electron chi connectivity index (χ1n) is 12.3. The van der Waals surface area contributed by atoms with Crippen molar-refractivity contribution in [1.82, 2.24) is 0 Å². The summed E-state index contributed by atoms with van der Waals surface area (Å²) in [6.45, 7) is 0.546. The van der Waals surface area contributed by atoms with Gasteiger partial charge in [0.05, 0.1) is 17.1 Å². The van der Waals surface area contributed by atoms with Crippen molar-refractivity contribution in [2.75, 3.05) is 11.1 Å². The van der Waals surface area contributed by atoms with Crippen molar-refractivity contribution < 1.29 is 4.74 Å². The third-order valence-corrected chi connectivity index (χ3v) is 9.17. The highest BCUT2D eigenvalue weighted by atomic mass is 79.9. The van der Waals surface area contributed by atoms with Gasteiger partial charge in [0.15, 0.2) is 0 Å². The van der Waals surface area contributed by atoms with Gasteiger partial charge in [0.2, 0.25) is 0 Å². The second-order valence-corrected chi connectivity index (χ2v) is 11.0. The van der Waals surface area contributed by atoms with Crippen LogP contribution in [0.4, 0.5) is 17.1 Å². The predicted octanol–water partition coefficient (Wildman–Crippen LogP) is 7.75. The van der Waals surface area contributed by atoms with Crippen LogP contribution in [0.3, 0.4) is 0 Å². The van der Waals surface area contributed by atoms with Crippen molar-refractivity contribution in [2.45, 2.75) is 57.0 Å². The molecule has 0 saturated heterocycles. The van der Waals surface area contributed by atoms with Crippen molar-refractivity contribution >= 4 is 33.0 Å². The number of hydrogen-bond donors (Lipinski definition) is 2. The van der Waals surface area contributed by atoms with Crippen LogP contribution in [0.15, 0.2) is 65.1 Å². The molecule has 0 radical (unpaired) electrons. The highest BCUT2D eigenvalue weighted by Crippen LogP contribution is 2.62. The van der Waals surface area contributed by atoms with Gasteiger partial charge >= 0.3 is 0 Å². The summed E-state index contributed by atoms with van der Waals surface area (Å²) < 4.78 is 7.69. The molecule has 0 aliphatic heterocycles. The molecule has 2 fully saturated rings. The number of benzene rings is 3. The molecule has 2 saturated carbocycles. The summed E-state index contributed by atoms with van der Waals surface area (Å²) in [5.74, 6) is 2.55. The number of para-hydroxylation sites is 2. The largest absolute Gasteiger partial charge is 0.487 e. The maximum Gasteiger partial charge on any atom is 0.144 e. The van der Waals surface area contributed by atoms with Gasteiger partial charge in [0.1, 0.15) is 12.4 Å². The molecular weight excluding hydrogens is 472 g/mol. The maximum absolute atomic E-state index is 6.53. The molecule has 170 valence electrons. The predicted molar refractivity (Wildman–Crippen MR) is 139 cm³/mol. The van der Waals surface area contributed by atoms with Crippen LogP contribution in [0.1, 0.15) is 55.2 Å². The second-order valence-electron chi connectivity index (χ2n) is 10.2. The number of nitrogens with two attached hydrogens (primary N) is 1. The molecule has 33 heavy (non-hydrogen) atoms. The average Bonchev–Trinajstić information content (AvgIpc) is 3.15. The number of halogens is 1. The van der Waals surface area contributed by atoms with Crippen LogP contribution in [0.25, 0.3) is 0 Å². The quantitative estimate of drug-likeness (QED) is 0.350. The summed E-state index contributed by atoms with van der Waals surface area (Å²) in [6.07, 6.45) is 9.34. The lowest BCUT2D eigenvalue weighted by molar-refractivity contribution is 0.215. The number of nitrogens with one attached hydrogen (secondary N) is 1. The Morgan fingerprint density at radius 3 is 2.73 bits per heavy atom. The van der Waals surface area contributed by atoms with Gasteiger partial charge in [-0.3, -0.25) is 0 Å². The van der Waals surface area contributed by atoms with Crippen molar-refractivity contribution in [3.8, 4) is 5.75 Å². The number of anilines is 3. The Morgan fingerprint density at radius 2 is 1.88 bits per heavy atom. The fraction of sp³-hybridized carbons (Fsp3) is 0.379. The van der Waals surface area contributed by atoms with Crippen LogP contribution in [-0.4, -0.2) is 0 Å². The van der Waals surface area contributed by atoms with Crippen LogP contribution in [-0.2, 0) is 18.4 Å². The number of hydrogen-bond acceptors (Lipinski definition) is 3. The molecule has 3 aliphatic carbocycles. The molecule has 6 rings (SSSR count). The van der Waals surface area contributed by atoms with Crippen LogP contribution >= 0.6 is 15.9 Å². The summed E-state index contributed by atoms with van der Waals surface area (Å²) in [6, 6.07) is 20.7. The standard InChI is InChI=1S/C29H31BrN2O/c30-27-22-15-20-14-21-10-6-7-13-29(21,17-20)23(22)16-26(33-18-19-8-2-1-3-9-19)28(27)32-25-12-5-4-11-24(25)31/h1-5,8-9,11-12,16,20-21,32H,6-7,10,13-15,17-18,31H2/t20?,21?,29-/m0/s1. The lowest BCUT2D eigenvalue weighted by atomic mass is 9.61. The van der Waals surface area contributed by atoms with E-state index >= 15 is 0 Å². The third-order valence-electron chi connectivity index (χ3n) is 8.30. The van der Waals surface area contributed by atoms with E-state index in [2.05, 4.69) is 51.6 Å². The zero-order valence-electron chi connectivity index (χ0n) is 18.9. The number of rotatable bonds is 5. The van der Waals surface area contributed by atoms with Crippen LogP contribution in [0, 0.1) is 11.8 Å². The van der Waals surface area contributed by atoms with E-state index in [-0.39, 0.29) is 0 Å². The minimum Gasteiger partial charge on any atom is -0.487 e. The van der Waals surface area contributed by atoms with Crippen molar-refractivity contribution in [3.05, 3.63) is 81.8 Å². The molecule has 3 atom stereocenters. The van der Waals surface area contributed by atoms with Gasteiger partial charge in [-0.15, -0.1) is 0 Å². The molecular formula is C29H31BrN2O. The Bertz CT molecular complexity index is 1180. The molecule has 0 heterocycles. The molecule has 3 nitrogen and oxygen atoms in total. The minimum atomic E-state index is 0.341. The topological polar surface area (TPSA) is 47.3 Å². The molecule has 2 unspecified atom stereocenters. The first kappa shape index (κ1) is 21.1. The van der Waals surface area contributed by atoms with E-state index in [1.165, 1.54) is 49.7 Å². The molecule has 2 bridgehead atoms. The zero-order chi connectivity index (χ0) is 22.4. The van der Waals surface area contributed by atoms with Gasteiger partial charge in [-0.2, -0.15) is 0 Å². The summed E-state index contributed by atoms with van der Waals surface area (Å²) >= 11 is 4.04. The molecule has 4 heteroatoms. The summed E-state index contributed by atoms with van der Waals surface area (Å²) in [7, 11) is 0. The van der Waals surface area contributed by atoms with E-state index in [0.717, 1.165) is 45.5 Å². The molecule has 3 aromatic carbocycles. The molecule has 3 aromatic rings. The Labute approximate surface area is 204 Å². The fourth-order valence-corrected chi connectivity index (χ4v) is 7.53. The summed E-state index contributed by atoms with van der Waals surface area (Å²) in [5, 5.41) is 3.62. The van der Waals surface area contributed by atoms with Gasteiger partial charge < -0.3 is 15.8 Å². The monoisotopic (exact) mass is 502 g/mol. The smallest absolute Gasteiger partial charge is 0.144 e. The van der Waals surface area contributed by atoms with Crippen molar-refractivity contribution in [3.63, 3.8) is 0 Å². The van der Waals surface area contributed by atoms with Crippen LogP contribution in [0.5, 0.6) is 5.75 Å². The van der Waals surface area contributed by atoms with E-state index < -0.39 is 0 Å². The maximum atomic E-state index is 6.53. The lowest BCUT2D eigenvalue weighted by Gasteiger charge is -2.43. The van der Waals surface area contributed by atoms with Crippen molar-refractivity contribution in [1.29, 1.82) is 0 Å². The van der Waals surface area contributed by atoms with Crippen molar-refractivity contribution in [2.24, 2.45) is 11.8 Å². The van der Waals surface area contributed by atoms with Gasteiger partial charge in [-0.05, 0) is 100 Å². The molecule has 0 amide bonds. The molecule has 1 spiro atoms. The van der Waals surface area contributed by atoms with Gasteiger partial charge in [-0.1, -0.05) is 55.3 Å². The summed E-state index contributed by atoms with van der Waals surface area (Å²) in [4.78, 5) is 0. The highest BCUT2D eigenvalue weighted by Gasteiger charge is 2.53. The minimum absolute atomic E-state index is 0.341. The Kier molecular flexibility index (Phi) is 5.37. The fourth-order valence-electron chi connectivity index (χ4n) is 6.86. The molecule has 3 aliphatic rings. The third kappa shape index (κ3) is 3.63. The Morgan fingerprint density at radius 1 is 1.06 bits per heavy atom. The van der Waals surface area contributed by atoms with E-state index in [1.807, 2.05) is 30.3 Å². The van der Waals surface area contributed by atoms with E-state index in [1.54, 1.807) is 5.56 Å². The van der Waals surface area contributed by atoms with Gasteiger partial charge in [0, 0.05) is 4.47 Å². The highest BCUT2D eigenvalue weighted by molar-refractivity contribution is 9.10. The van der Waals surface area contributed by atoms with Gasteiger partial charge in [-0.25, -0.2) is 0 Å². The second kappa shape index (κ2) is 8.39. The molecule has 3 N–H and O–H groups in total. The number of ether oxygens (including phenoxy) is 1. The lowest BCUT2D eigenvalue weighted by Crippen LogP contribution is -2.36. The number of nitrogen functional groups attached to an aromatic ring is 1. The zero-order valence-corrected chi connectivity index (χ0v) is 20.5. The number of fused-ring (bicyclic) bond motifs is 2.